The third-order valence-electron chi connectivity index (χ3n) is 2.23. The summed E-state index contributed by atoms with van der Waals surface area (Å²) < 4.78 is 41.5. The van der Waals surface area contributed by atoms with Crippen LogP contribution in [-0.4, -0.2) is 0 Å². The number of alkyl halides is 3. The molecule has 0 N–H and O–H groups in total. The predicted molar refractivity (Wildman–Crippen MR) is 60.4 cm³/mol. The van der Waals surface area contributed by atoms with Gasteiger partial charge in [-0.3, -0.25) is 0 Å². The first-order chi connectivity index (χ1) is 8.36. The average molecular weight is 275 g/mol. The molecule has 1 heterocycles. The molecule has 18 heavy (non-hydrogen) atoms. The van der Waals surface area contributed by atoms with Crippen molar-refractivity contribution in [3.05, 3.63) is 57.6 Å². The summed E-state index contributed by atoms with van der Waals surface area (Å²) in [5.74, 6) is -1.32. The van der Waals surface area contributed by atoms with Crippen molar-refractivity contribution in [1.82, 2.24) is 0 Å². The molecule has 1 aromatic carbocycles. The van der Waals surface area contributed by atoms with Gasteiger partial charge in [-0.2, -0.15) is 13.2 Å². The highest BCUT2D eigenvalue weighted by atomic mass is 35.5. The molecule has 0 atom stereocenters. The van der Waals surface area contributed by atoms with Gasteiger partial charge >= 0.3 is 11.8 Å². The lowest BCUT2D eigenvalue weighted by Gasteiger charge is -2.07. The molecule has 0 unspecified atom stereocenters. The molecule has 6 heteroatoms. The minimum absolute atomic E-state index is 0.134. The molecule has 0 aliphatic heterocycles. The fourth-order valence-electron chi connectivity index (χ4n) is 1.43. The molecule has 0 spiro atoms. The number of halogens is 4. The summed E-state index contributed by atoms with van der Waals surface area (Å²) in [7, 11) is 0. The Morgan fingerprint density at radius 2 is 1.61 bits per heavy atom. The molecule has 0 fully saturated rings. The summed E-state index contributed by atoms with van der Waals surface area (Å²) in [6, 6.07) is 7.88. The van der Waals surface area contributed by atoms with Crippen LogP contribution in [0.15, 0.2) is 45.6 Å². The predicted octanol–water partition coefficient (Wildman–Crippen LogP) is 3.98. The zero-order chi connectivity index (χ0) is 13.3. The molecule has 0 bridgehead atoms. The summed E-state index contributed by atoms with van der Waals surface area (Å²) in [5, 5.41) is 0.456. The molecule has 0 aliphatic carbocycles. The minimum atomic E-state index is -4.69. The van der Waals surface area contributed by atoms with Gasteiger partial charge in [0.1, 0.15) is 0 Å². The number of benzene rings is 1. The lowest BCUT2D eigenvalue weighted by atomic mass is 10.1. The van der Waals surface area contributed by atoms with Crippen LogP contribution in [-0.2, 0) is 6.18 Å². The van der Waals surface area contributed by atoms with E-state index in [9.17, 15) is 18.0 Å². The molecule has 0 saturated carbocycles. The maximum absolute atomic E-state index is 12.5. The first-order valence-corrected chi connectivity index (χ1v) is 5.22. The van der Waals surface area contributed by atoms with Crippen molar-refractivity contribution in [2.24, 2.45) is 0 Å². The molecular weight excluding hydrogens is 269 g/mol. The van der Waals surface area contributed by atoms with Crippen molar-refractivity contribution in [3.8, 4) is 11.1 Å². The Labute approximate surface area is 105 Å². The van der Waals surface area contributed by atoms with Crippen molar-refractivity contribution < 1.29 is 17.6 Å². The van der Waals surface area contributed by atoms with Crippen LogP contribution < -0.4 is 5.63 Å². The van der Waals surface area contributed by atoms with Crippen LogP contribution in [0.2, 0.25) is 5.02 Å². The first-order valence-electron chi connectivity index (χ1n) is 4.84. The highest BCUT2D eigenvalue weighted by Gasteiger charge is 2.34. The van der Waals surface area contributed by atoms with Gasteiger partial charge in [0, 0.05) is 11.1 Å². The molecule has 2 rings (SSSR count). The van der Waals surface area contributed by atoms with Crippen LogP contribution in [0.3, 0.4) is 0 Å². The number of hydrogen-bond donors (Lipinski definition) is 0. The summed E-state index contributed by atoms with van der Waals surface area (Å²) in [6.45, 7) is 0. The molecule has 94 valence electrons. The summed E-state index contributed by atoms with van der Waals surface area (Å²) >= 11 is 5.67. The van der Waals surface area contributed by atoms with Crippen molar-refractivity contribution in [2.45, 2.75) is 6.18 Å². The van der Waals surface area contributed by atoms with Gasteiger partial charge in [-0.1, -0.05) is 23.7 Å². The van der Waals surface area contributed by atoms with E-state index in [1.54, 1.807) is 0 Å². The van der Waals surface area contributed by atoms with Crippen LogP contribution in [0, 0.1) is 0 Å². The lowest BCUT2D eigenvalue weighted by Crippen LogP contribution is -2.10. The second-order valence-electron chi connectivity index (χ2n) is 3.53. The Bertz CT molecular complexity index is 614. The van der Waals surface area contributed by atoms with Gasteiger partial charge < -0.3 is 4.42 Å². The van der Waals surface area contributed by atoms with Crippen molar-refractivity contribution in [2.75, 3.05) is 0 Å². The van der Waals surface area contributed by atoms with Gasteiger partial charge in [-0.25, -0.2) is 4.79 Å². The summed E-state index contributed by atoms with van der Waals surface area (Å²) in [6.07, 6.45) is -4.69. The minimum Gasteiger partial charge on any atom is -0.418 e. The monoisotopic (exact) mass is 274 g/mol. The number of rotatable bonds is 1. The molecule has 2 aromatic rings. The van der Waals surface area contributed by atoms with E-state index in [0.29, 0.717) is 10.6 Å². The van der Waals surface area contributed by atoms with Crippen molar-refractivity contribution >= 4 is 11.6 Å². The summed E-state index contributed by atoms with van der Waals surface area (Å²) in [5.41, 5.74) is -0.456. The zero-order valence-electron chi connectivity index (χ0n) is 8.79. The van der Waals surface area contributed by atoms with Gasteiger partial charge in [0.15, 0.2) is 0 Å². The molecule has 0 amide bonds. The normalized spacial score (nSPS) is 11.6. The molecule has 2 nitrogen and oxygen atoms in total. The second kappa shape index (κ2) is 4.49. The first kappa shape index (κ1) is 12.7. The van der Waals surface area contributed by atoms with E-state index in [-0.39, 0.29) is 5.56 Å². The van der Waals surface area contributed by atoms with Crippen LogP contribution in [0.1, 0.15) is 5.76 Å². The lowest BCUT2D eigenvalue weighted by molar-refractivity contribution is -0.154. The standard InChI is InChI=1S/C12H6ClF3O2/c13-9-3-1-7(2-4-9)8-5-10(12(14,15)16)18-11(17)6-8/h1-6H. The Balaban J connectivity index is 2.55. The van der Waals surface area contributed by atoms with Gasteiger partial charge in [0.2, 0.25) is 5.76 Å². The topological polar surface area (TPSA) is 30.2 Å². The SMILES string of the molecule is O=c1cc(-c2ccc(Cl)cc2)cc(C(F)(F)F)o1. The van der Waals surface area contributed by atoms with Crippen LogP contribution >= 0.6 is 11.6 Å². The van der Waals surface area contributed by atoms with E-state index in [1.807, 2.05) is 0 Å². The average Bonchev–Trinajstić information content (AvgIpc) is 2.28. The third kappa shape index (κ3) is 2.73. The Morgan fingerprint density at radius 1 is 1.00 bits per heavy atom. The third-order valence-corrected chi connectivity index (χ3v) is 2.48. The van der Waals surface area contributed by atoms with E-state index in [4.69, 9.17) is 11.6 Å². The van der Waals surface area contributed by atoms with Gasteiger partial charge in [-0.15, -0.1) is 0 Å². The fourth-order valence-corrected chi connectivity index (χ4v) is 1.55. The van der Waals surface area contributed by atoms with Crippen LogP contribution in [0.25, 0.3) is 11.1 Å². The van der Waals surface area contributed by atoms with E-state index in [2.05, 4.69) is 4.42 Å². The van der Waals surface area contributed by atoms with Gasteiger partial charge in [0.05, 0.1) is 0 Å². The highest BCUT2D eigenvalue weighted by Crippen LogP contribution is 2.31. The Morgan fingerprint density at radius 3 is 2.17 bits per heavy atom. The Hall–Kier alpha value is -1.75. The van der Waals surface area contributed by atoms with Crippen molar-refractivity contribution in [3.63, 3.8) is 0 Å². The molecule has 0 aliphatic rings. The van der Waals surface area contributed by atoms with E-state index in [1.165, 1.54) is 24.3 Å². The quantitative estimate of drug-likeness (QED) is 0.787. The van der Waals surface area contributed by atoms with E-state index in [0.717, 1.165) is 12.1 Å². The molecule has 0 radical (unpaired) electrons. The molecular formula is C12H6ClF3O2. The van der Waals surface area contributed by atoms with Crippen LogP contribution in [0.5, 0.6) is 0 Å². The maximum atomic E-state index is 12.5. The second-order valence-corrected chi connectivity index (χ2v) is 3.97. The van der Waals surface area contributed by atoms with E-state index >= 15 is 0 Å². The van der Waals surface area contributed by atoms with Crippen molar-refractivity contribution in [1.29, 1.82) is 0 Å². The van der Waals surface area contributed by atoms with Gasteiger partial charge in [-0.05, 0) is 29.3 Å². The fraction of sp³-hybridized carbons (Fsp3) is 0.0833. The highest BCUT2D eigenvalue weighted by molar-refractivity contribution is 6.30. The van der Waals surface area contributed by atoms with Gasteiger partial charge in [0.25, 0.3) is 0 Å². The zero-order valence-corrected chi connectivity index (χ0v) is 9.55. The largest absolute Gasteiger partial charge is 0.449 e. The summed E-state index contributed by atoms with van der Waals surface area (Å²) in [4.78, 5) is 11.1. The molecule has 0 saturated heterocycles. The maximum Gasteiger partial charge on any atom is 0.449 e. The smallest absolute Gasteiger partial charge is 0.418 e. The Kier molecular flexibility index (Phi) is 3.17. The number of hydrogen-bond acceptors (Lipinski definition) is 2. The van der Waals surface area contributed by atoms with E-state index < -0.39 is 17.6 Å². The van der Waals surface area contributed by atoms with Crippen LogP contribution in [0.4, 0.5) is 13.2 Å². The molecule has 1 aromatic heterocycles.